The summed E-state index contributed by atoms with van der Waals surface area (Å²) in [5, 5.41) is 6.67. The van der Waals surface area contributed by atoms with Crippen molar-refractivity contribution in [1.82, 2.24) is 5.43 Å². The molecule has 41 heavy (non-hydrogen) atoms. The molecule has 0 atom stereocenters. The van der Waals surface area contributed by atoms with E-state index in [9.17, 15) is 14.4 Å². The van der Waals surface area contributed by atoms with Gasteiger partial charge in [0.25, 0.3) is 11.8 Å². The molecule has 11 nitrogen and oxygen atoms in total. The second kappa shape index (κ2) is 13.3. The van der Waals surface area contributed by atoms with Crippen molar-refractivity contribution in [3.05, 3.63) is 99.9 Å². The van der Waals surface area contributed by atoms with E-state index < -0.39 is 17.8 Å². The highest BCUT2D eigenvalue weighted by Crippen LogP contribution is 2.38. The van der Waals surface area contributed by atoms with Crippen LogP contribution in [0.4, 0.5) is 5.69 Å². The van der Waals surface area contributed by atoms with Gasteiger partial charge in [-0.05, 0) is 60.7 Å². The van der Waals surface area contributed by atoms with Gasteiger partial charge in [-0.1, -0.05) is 22.0 Å². The highest BCUT2D eigenvalue weighted by atomic mass is 79.9. The number of halogens is 1. The predicted molar refractivity (Wildman–Crippen MR) is 153 cm³/mol. The number of ether oxygens (including phenoxy) is 4. The summed E-state index contributed by atoms with van der Waals surface area (Å²) in [4.78, 5) is 37.9. The molecule has 3 aromatic carbocycles. The Morgan fingerprint density at radius 3 is 2.24 bits per heavy atom. The molecule has 4 rings (SSSR count). The van der Waals surface area contributed by atoms with Gasteiger partial charge in [0, 0.05) is 21.3 Å². The number of furan rings is 1. The van der Waals surface area contributed by atoms with Gasteiger partial charge in [0.2, 0.25) is 5.75 Å². The third kappa shape index (κ3) is 7.11. The van der Waals surface area contributed by atoms with Crippen LogP contribution in [0.2, 0.25) is 0 Å². The summed E-state index contributed by atoms with van der Waals surface area (Å²) in [5.41, 5.74) is 3.65. The molecule has 0 unspecified atom stereocenters. The Morgan fingerprint density at radius 1 is 0.829 bits per heavy atom. The smallest absolute Gasteiger partial charge is 0.343 e. The summed E-state index contributed by atoms with van der Waals surface area (Å²) in [6.45, 7) is 0. The van der Waals surface area contributed by atoms with Crippen LogP contribution in [-0.4, -0.2) is 45.3 Å². The molecule has 0 saturated carbocycles. The summed E-state index contributed by atoms with van der Waals surface area (Å²) < 4.78 is 27.3. The number of nitrogens with zero attached hydrogens (tertiary/aromatic N) is 1. The largest absolute Gasteiger partial charge is 0.493 e. The van der Waals surface area contributed by atoms with Gasteiger partial charge in [-0.15, -0.1) is 0 Å². The van der Waals surface area contributed by atoms with Gasteiger partial charge in [0.05, 0.1) is 39.4 Å². The molecular weight excluding hydrogens is 598 g/mol. The molecule has 0 aliphatic rings. The lowest BCUT2D eigenvalue weighted by Crippen LogP contribution is -2.18. The number of hydrazone groups is 1. The van der Waals surface area contributed by atoms with Gasteiger partial charge in [-0.25, -0.2) is 10.2 Å². The summed E-state index contributed by atoms with van der Waals surface area (Å²) in [5.74, 6) is -0.404. The van der Waals surface area contributed by atoms with Crippen molar-refractivity contribution in [1.29, 1.82) is 0 Å². The Morgan fingerprint density at radius 2 is 1.59 bits per heavy atom. The van der Waals surface area contributed by atoms with Crippen LogP contribution in [0.3, 0.4) is 0 Å². The standard InChI is InChI=1S/C29H24BrN3O8/c1-37-24-14-18(15-25(38-2)26(24)39-3)29(36)41-22-10-9-20(30)12-19(22)16-31-33-27(34)17-6-4-7-21(13-17)32-28(35)23-8-5-11-40-23/h4-16H,1-3H3,(H,32,35)(H,33,34). The molecule has 0 fully saturated rings. The van der Waals surface area contributed by atoms with Crippen LogP contribution < -0.4 is 29.7 Å². The summed E-state index contributed by atoms with van der Waals surface area (Å²) in [6, 6.07) is 17.3. The van der Waals surface area contributed by atoms with Gasteiger partial charge in [-0.3, -0.25) is 9.59 Å². The van der Waals surface area contributed by atoms with Crippen molar-refractivity contribution < 1.29 is 37.7 Å². The van der Waals surface area contributed by atoms with E-state index in [1.165, 1.54) is 58.1 Å². The zero-order valence-electron chi connectivity index (χ0n) is 22.1. The minimum Gasteiger partial charge on any atom is -0.493 e. The van der Waals surface area contributed by atoms with Crippen molar-refractivity contribution >= 4 is 45.6 Å². The molecule has 0 spiro atoms. The van der Waals surface area contributed by atoms with Crippen molar-refractivity contribution in [2.75, 3.05) is 26.6 Å². The number of amides is 2. The van der Waals surface area contributed by atoms with Gasteiger partial charge in [-0.2, -0.15) is 5.10 Å². The average molecular weight is 622 g/mol. The fourth-order valence-corrected chi connectivity index (χ4v) is 4.01. The number of hydrogen-bond acceptors (Lipinski definition) is 9. The average Bonchev–Trinajstić information content (AvgIpc) is 3.53. The molecule has 2 amide bonds. The normalized spacial score (nSPS) is 10.6. The Balaban J connectivity index is 1.47. The number of methoxy groups -OCH3 is 3. The Hall–Kier alpha value is -5.10. The number of nitrogens with one attached hydrogen (secondary N) is 2. The zero-order chi connectivity index (χ0) is 29.4. The van der Waals surface area contributed by atoms with Crippen molar-refractivity contribution in [3.63, 3.8) is 0 Å². The molecule has 0 bridgehead atoms. The number of hydrogen-bond donors (Lipinski definition) is 2. The van der Waals surface area contributed by atoms with E-state index in [0.29, 0.717) is 33.0 Å². The second-order valence-corrected chi connectivity index (χ2v) is 9.11. The maximum absolute atomic E-state index is 13.0. The predicted octanol–water partition coefficient (Wildman–Crippen LogP) is 5.30. The van der Waals surface area contributed by atoms with Crippen LogP contribution in [0.25, 0.3) is 0 Å². The first kappa shape index (κ1) is 28.9. The number of carbonyl (C=O) groups is 3. The number of anilines is 1. The van der Waals surface area contributed by atoms with Crippen LogP contribution in [0.15, 0.2) is 87.0 Å². The minimum absolute atomic E-state index is 0.139. The van der Waals surface area contributed by atoms with Gasteiger partial charge in [0.1, 0.15) is 5.75 Å². The monoisotopic (exact) mass is 621 g/mol. The van der Waals surface area contributed by atoms with Gasteiger partial charge >= 0.3 is 5.97 Å². The van der Waals surface area contributed by atoms with Crippen LogP contribution in [0.1, 0.15) is 36.8 Å². The number of benzene rings is 3. The Bertz CT molecular complexity index is 1580. The van der Waals surface area contributed by atoms with Gasteiger partial charge < -0.3 is 28.7 Å². The maximum Gasteiger partial charge on any atom is 0.343 e. The van der Waals surface area contributed by atoms with Crippen LogP contribution in [0, 0.1) is 0 Å². The van der Waals surface area contributed by atoms with E-state index in [0.717, 1.165) is 0 Å². The summed E-state index contributed by atoms with van der Waals surface area (Å²) in [7, 11) is 4.34. The molecule has 4 aromatic rings. The number of rotatable bonds is 10. The van der Waals surface area contributed by atoms with Crippen LogP contribution >= 0.6 is 15.9 Å². The second-order valence-electron chi connectivity index (χ2n) is 8.20. The molecule has 1 aromatic heterocycles. The topological polar surface area (TPSA) is 138 Å². The minimum atomic E-state index is -0.682. The lowest BCUT2D eigenvalue weighted by molar-refractivity contribution is 0.0733. The third-order valence-corrected chi connectivity index (χ3v) is 6.07. The van der Waals surface area contributed by atoms with Crippen LogP contribution in [0.5, 0.6) is 23.0 Å². The third-order valence-electron chi connectivity index (χ3n) is 5.57. The summed E-state index contributed by atoms with van der Waals surface area (Å²) >= 11 is 3.38. The van der Waals surface area contributed by atoms with E-state index in [1.54, 1.807) is 42.5 Å². The highest BCUT2D eigenvalue weighted by Gasteiger charge is 2.19. The van der Waals surface area contributed by atoms with Crippen molar-refractivity contribution in [3.8, 4) is 23.0 Å². The quantitative estimate of drug-likeness (QED) is 0.105. The lowest BCUT2D eigenvalue weighted by atomic mass is 10.1. The molecule has 0 aliphatic heterocycles. The zero-order valence-corrected chi connectivity index (χ0v) is 23.7. The van der Waals surface area contributed by atoms with E-state index in [-0.39, 0.29) is 22.6 Å². The summed E-state index contributed by atoms with van der Waals surface area (Å²) in [6.07, 6.45) is 2.73. The molecule has 0 saturated heterocycles. The SMILES string of the molecule is COc1cc(C(=O)Oc2ccc(Br)cc2C=NNC(=O)c2cccc(NC(=O)c3ccco3)c2)cc(OC)c1OC. The van der Waals surface area contributed by atoms with E-state index in [2.05, 4.69) is 31.8 Å². The van der Waals surface area contributed by atoms with Crippen molar-refractivity contribution in [2.24, 2.45) is 5.10 Å². The Kier molecular flexibility index (Phi) is 9.38. The first-order valence-electron chi connectivity index (χ1n) is 11.9. The van der Waals surface area contributed by atoms with E-state index in [4.69, 9.17) is 23.4 Å². The molecule has 0 aliphatic carbocycles. The first-order valence-corrected chi connectivity index (χ1v) is 12.7. The molecule has 12 heteroatoms. The Labute approximate surface area is 243 Å². The number of carbonyl (C=O) groups excluding carboxylic acids is 3. The number of esters is 1. The lowest BCUT2D eigenvalue weighted by Gasteiger charge is -2.14. The molecule has 2 N–H and O–H groups in total. The molecule has 1 heterocycles. The van der Waals surface area contributed by atoms with E-state index in [1.807, 2.05) is 0 Å². The highest BCUT2D eigenvalue weighted by molar-refractivity contribution is 9.10. The molecular formula is C29H24BrN3O8. The van der Waals surface area contributed by atoms with E-state index >= 15 is 0 Å². The first-order chi connectivity index (χ1) is 19.8. The fraction of sp³-hybridized carbons (Fsp3) is 0.103. The van der Waals surface area contributed by atoms with Gasteiger partial charge in [0.15, 0.2) is 17.3 Å². The molecule has 210 valence electrons. The van der Waals surface area contributed by atoms with Crippen LogP contribution in [-0.2, 0) is 0 Å². The fourth-order valence-electron chi connectivity index (χ4n) is 3.63. The molecule has 0 radical (unpaired) electrons. The van der Waals surface area contributed by atoms with Crippen molar-refractivity contribution in [2.45, 2.75) is 0 Å². The maximum atomic E-state index is 13.0.